The Morgan fingerprint density at radius 2 is 1.74 bits per heavy atom. The van der Waals surface area contributed by atoms with Crippen molar-refractivity contribution in [3.05, 3.63) is 65.0 Å². The molecule has 0 unspecified atom stereocenters. The van der Waals surface area contributed by atoms with Gasteiger partial charge in [0.05, 0.1) is 5.41 Å². The van der Waals surface area contributed by atoms with E-state index in [2.05, 4.69) is 0 Å². The van der Waals surface area contributed by atoms with Crippen LogP contribution in [0.4, 0.5) is 4.39 Å². The highest BCUT2D eigenvalue weighted by atomic mass is 19.1. The molecule has 0 amide bonds. The van der Waals surface area contributed by atoms with Gasteiger partial charge in [-0.1, -0.05) is 50.1 Å². The third kappa shape index (κ3) is 5.19. The molecule has 9 heteroatoms. The number of ketones is 1. The van der Waals surface area contributed by atoms with Crippen molar-refractivity contribution in [2.75, 3.05) is 0 Å². The number of hydrogen-bond acceptors (Lipinski definition) is 8. The molecule has 3 saturated carbocycles. The lowest BCUT2D eigenvalue weighted by atomic mass is 9.42. The molecule has 0 radical (unpaired) electrons. The van der Waals surface area contributed by atoms with Crippen LogP contribution in [0.15, 0.2) is 53.6 Å². The quantitative estimate of drug-likeness (QED) is 0.206. The number of hydrogen-bond donors (Lipinski definition) is 3. The highest BCUT2D eigenvalue weighted by molar-refractivity contribution is 5.88. The molecule has 46 heavy (non-hydrogen) atoms. The smallest absolute Gasteiger partial charge is 0.331 e. The first kappa shape index (κ1) is 34.2. The minimum Gasteiger partial charge on any atom is -0.459 e. The molecule has 5 rings (SSSR count). The lowest BCUT2D eigenvalue weighted by molar-refractivity contribution is -0.314. The number of Topliss-reactive ketones (excluding diaryl/α,β-unsaturated/α-hetero) is 1. The zero-order chi connectivity index (χ0) is 33.9. The number of benzene rings is 1. The Hall–Kier alpha value is -3.14. The molecule has 0 spiro atoms. The van der Waals surface area contributed by atoms with Crippen LogP contribution in [0.2, 0.25) is 0 Å². The van der Waals surface area contributed by atoms with Gasteiger partial charge in [0.1, 0.15) is 34.8 Å². The SMILES string of the molecule is CC(=O)[C@]1(O)CC[C@@]2(O)[C@]1(C)[C@H](OC(=O)/C=C(\C)C(C)C)C[C@@H]1[C@@]3(C)CC[C@H](OC(=O)/C=C/c4cccc(F)c4)CC3=CC[C@]12O. The van der Waals surface area contributed by atoms with Crippen molar-refractivity contribution in [2.24, 2.45) is 22.7 Å². The summed E-state index contributed by atoms with van der Waals surface area (Å²) in [4.78, 5) is 38.9. The molecule has 0 heterocycles. The Balaban J connectivity index is 1.44. The predicted octanol–water partition coefficient (Wildman–Crippen LogP) is 5.39. The van der Waals surface area contributed by atoms with E-state index in [1.54, 1.807) is 19.1 Å². The fourth-order valence-electron chi connectivity index (χ4n) is 8.96. The molecular weight excluding hydrogens is 591 g/mol. The molecule has 4 aliphatic carbocycles. The van der Waals surface area contributed by atoms with Crippen molar-refractivity contribution in [2.45, 2.75) is 115 Å². The molecule has 250 valence electrons. The van der Waals surface area contributed by atoms with Crippen LogP contribution < -0.4 is 0 Å². The third-order valence-corrected chi connectivity index (χ3v) is 12.2. The molecule has 3 fully saturated rings. The van der Waals surface area contributed by atoms with Crippen LogP contribution >= 0.6 is 0 Å². The van der Waals surface area contributed by atoms with Crippen molar-refractivity contribution >= 4 is 23.8 Å². The number of rotatable bonds is 7. The summed E-state index contributed by atoms with van der Waals surface area (Å²) >= 11 is 0. The van der Waals surface area contributed by atoms with Gasteiger partial charge in [0.15, 0.2) is 5.78 Å². The standard InChI is InChI=1S/C37H47FO8/c1-22(2)23(3)18-32(41)46-30-21-29-33(5)14-13-28(45-31(40)11-10-25-8-7-9-27(38)19-25)20-26(33)12-15-36(29,43)37(44)17-16-35(42,24(4)39)34(30,37)6/h7-12,18-19,22,28-30,42-44H,13-17,20-21H2,1-6H3/b11-10+,23-18+/t28-,29+,30+,33-,34+,35+,36-,37+/m0/s1. The maximum Gasteiger partial charge on any atom is 0.331 e. The van der Waals surface area contributed by atoms with Gasteiger partial charge in [-0.25, -0.2) is 14.0 Å². The third-order valence-electron chi connectivity index (χ3n) is 12.2. The van der Waals surface area contributed by atoms with Crippen molar-refractivity contribution in [1.82, 2.24) is 0 Å². The summed E-state index contributed by atoms with van der Waals surface area (Å²) in [5, 5.41) is 37.1. The van der Waals surface area contributed by atoms with Crippen molar-refractivity contribution in [3.8, 4) is 0 Å². The van der Waals surface area contributed by atoms with E-state index >= 15 is 0 Å². The second kappa shape index (κ2) is 11.8. The minimum absolute atomic E-state index is 0.0430. The Labute approximate surface area is 270 Å². The van der Waals surface area contributed by atoms with Crippen LogP contribution in [0.3, 0.4) is 0 Å². The number of allylic oxidation sites excluding steroid dienone is 1. The Bertz CT molecular complexity index is 1510. The van der Waals surface area contributed by atoms with E-state index in [1.165, 1.54) is 37.3 Å². The molecule has 3 N–H and O–H groups in total. The van der Waals surface area contributed by atoms with Gasteiger partial charge in [-0.05, 0) is 94.4 Å². The summed E-state index contributed by atoms with van der Waals surface area (Å²) in [5.74, 6) is -2.59. The van der Waals surface area contributed by atoms with Gasteiger partial charge in [0, 0.05) is 24.5 Å². The van der Waals surface area contributed by atoms with Crippen LogP contribution in [-0.2, 0) is 23.9 Å². The van der Waals surface area contributed by atoms with Crippen LogP contribution in [0.25, 0.3) is 6.08 Å². The zero-order valence-corrected chi connectivity index (χ0v) is 27.6. The van der Waals surface area contributed by atoms with Gasteiger partial charge < -0.3 is 24.8 Å². The first-order valence-electron chi connectivity index (χ1n) is 16.3. The van der Waals surface area contributed by atoms with Gasteiger partial charge in [0.2, 0.25) is 0 Å². The molecule has 1 aromatic rings. The number of ether oxygens (including phenoxy) is 2. The predicted molar refractivity (Wildman–Crippen MR) is 169 cm³/mol. The van der Waals surface area contributed by atoms with E-state index in [0.717, 1.165) is 11.1 Å². The first-order chi connectivity index (χ1) is 21.4. The van der Waals surface area contributed by atoms with Crippen molar-refractivity contribution < 1.29 is 43.6 Å². The topological polar surface area (TPSA) is 130 Å². The van der Waals surface area contributed by atoms with Gasteiger partial charge in [-0.15, -0.1) is 0 Å². The lowest BCUT2D eigenvalue weighted by Gasteiger charge is -2.67. The van der Waals surface area contributed by atoms with Gasteiger partial charge in [-0.2, -0.15) is 0 Å². The summed E-state index contributed by atoms with van der Waals surface area (Å²) in [6.07, 6.45) is 6.12. The van der Waals surface area contributed by atoms with Gasteiger partial charge in [-0.3, -0.25) is 4.79 Å². The monoisotopic (exact) mass is 638 g/mol. The summed E-state index contributed by atoms with van der Waals surface area (Å²) in [5.41, 5.74) is -5.67. The number of aliphatic hydroxyl groups is 3. The molecule has 0 saturated heterocycles. The first-order valence-corrected chi connectivity index (χ1v) is 16.3. The van der Waals surface area contributed by atoms with Gasteiger partial charge in [0.25, 0.3) is 0 Å². The number of carbonyl (C=O) groups is 3. The largest absolute Gasteiger partial charge is 0.459 e. The van der Waals surface area contributed by atoms with Crippen molar-refractivity contribution in [1.29, 1.82) is 0 Å². The fourth-order valence-corrected chi connectivity index (χ4v) is 8.96. The average Bonchev–Trinajstić information content (AvgIpc) is 3.22. The van der Waals surface area contributed by atoms with Gasteiger partial charge >= 0.3 is 11.9 Å². The van der Waals surface area contributed by atoms with Crippen molar-refractivity contribution in [3.63, 3.8) is 0 Å². The summed E-state index contributed by atoms with van der Waals surface area (Å²) in [6, 6.07) is 5.89. The highest BCUT2D eigenvalue weighted by Crippen LogP contribution is 2.71. The maximum absolute atomic E-state index is 13.5. The summed E-state index contributed by atoms with van der Waals surface area (Å²) in [6.45, 7) is 10.6. The number of fused-ring (bicyclic) bond motifs is 5. The average molecular weight is 639 g/mol. The van der Waals surface area contributed by atoms with E-state index in [-0.39, 0.29) is 31.6 Å². The molecule has 8 nitrogen and oxygen atoms in total. The Kier molecular flexibility index (Phi) is 8.80. The molecule has 1 aromatic carbocycles. The number of halogens is 1. The Morgan fingerprint density at radius 3 is 2.39 bits per heavy atom. The molecular formula is C37H47FO8. The van der Waals surface area contributed by atoms with Crippen LogP contribution in [0, 0.1) is 28.5 Å². The molecule has 4 aliphatic rings. The number of carbonyl (C=O) groups excluding carboxylic acids is 3. The molecule has 8 atom stereocenters. The molecule has 0 bridgehead atoms. The highest BCUT2D eigenvalue weighted by Gasteiger charge is 2.81. The second-order valence-electron chi connectivity index (χ2n) is 14.7. The Morgan fingerprint density at radius 1 is 1.02 bits per heavy atom. The van der Waals surface area contributed by atoms with E-state index < -0.39 is 69.3 Å². The van der Waals surface area contributed by atoms with E-state index in [1.807, 2.05) is 33.8 Å². The van der Waals surface area contributed by atoms with Crippen LogP contribution in [-0.4, -0.2) is 62.1 Å². The zero-order valence-electron chi connectivity index (χ0n) is 27.6. The van der Waals surface area contributed by atoms with Crippen LogP contribution in [0.5, 0.6) is 0 Å². The van der Waals surface area contributed by atoms with E-state index in [9.17, 15) is 34.1 Å². The normalized spacial score (nSPS) is 38.9. The van der Waals surface area contributed by atoms with E-state index in [4.69, 9.17) is 9.47 Å². The summed E-state index contributed by atoms with van der Waals surface area (Å²) < 4.78 is 25.4. The summed E-state index contributed by atoms with van der Waals surface area (Å²) in [7, 11) is 0. The lowest BCUT2D eigenvalue weighted by Crippen LogP contribution is -2.78. The fraction of sp³-hybridized carbons (Fsp3) is 0.595. The molecule has 0 aliphatic heterocycles. The second-order valence-corrected chi connectivity index (χ2v) is 14.7. The number of esters is 2. The minimum atomic E-state index is -2.01. The van der Waals surface area contributed by atoms with E-state index in [0.29, 0.717) is 24.8 Å². The van der Waals surface area contributed by atoms with Crippen LogP contribution in [0.1, 0.15) is 92.1 Å². The maximum atomic E-state index is 13.5. The molecule has 0 aromatic heterocycles.